The van der Waals surface area contributed by atoms with Crippen LogP contribution in [0.15, 0.2) is 0 Å². The van der Waals surface area contributed by atoms with Gasteiger partial charge < -0.3 is 5.32 Å². The lowest BCUT2D eigenvalue weighted by Crippen LogP contribution is -2.53. The fraction of sp³-hybridized carbons (Fsp3) is 0.769. The van der Waals surface area contributed by atoms with Crippen molar-refractivity contribution in [3.05, 3.63) is 0 Å². The molecule has 2 rings (SSSR count). The molecule has 18 heavy (non-hydrogen) atoms. The summed E-state index contributed by atoms with van der Waals surface area (Å²) in [5, 5.41) is 5.02. The van der Waals surface area contributed by atoms with Crippen molar-refractivity contribution in [2.45, 2.75) is 46.6 Å². The van der Waals surface area contributed by atoms with Crippen LogP contribution in [0.5, 0.6) is 0 Å². The molecule has 0 aromatic heterocycles. The molecule has 0 spiro atoms. The van der Waals surface area contributed by atoms with Crippen LogP contribution in [0.2, 0.25) is 0 Å². The lowest BCUT2D eigenvalue weighted by molar-refractivity contribution is -0.138. The van der Waals surface area contributed by atoms with E-state index in [9.17, 15) is 14.4 Å². The summed E-state index contributed by atoms with van der Waals surface area (Å²) < 4.78 is 0. The maximum Gasteiger partial charge on any atom is 0.249 e. The topological polar surface area (TPSA) is 75.3 Å². The zero-order valence-electron chi connectivity index (χ0n) is 11.3. The molecule has 3 unspecified atom stereocenters. The summed E-state index contributed by atoms with van der Waals surface area (Å²) in [7, 11) is 0. The molecular formula is C13H20N2O3. The third-order valence-electron chi connectivity index (χ3n) is 5.22. The van der Waals surface area contributed by atoms with Crippen molar-refractivity contribution in [1.29, 1.82) is 0 Å². The molecule has 5 heteroatoms. The zero-order valence-corrected chi connectivity index (χ0v) is 11.3. The molecule has 1 aliphatic heterocycles. The number of hydrogen-bond acceptors (Lipinski definition) is 3. The third kappa shape index (κ3) is 1.64. The Bertz CT molecular complexity index is 430. The minimum absolute atomic E-state index is 0.0436. The summed E-state index contributed by atoms with van der Waals surface area (Å²) in [6.07, 6.45) is 0.674. The highest BCUT2D eigenvalue weighted by atomic mass is 16.2. The number of amides is 3. The molecule has 2 aliphatic rings. The molecular weight excluding hydrogens is 232 g/mol. The molecule has 1 aliphatic carbocycles. The molecule has 1 saturated heterocycles. The van der Waals surface area contributed by atoms with E-state index in [2.05, 4.69) is 24.5 Å². The molecule has 2 N–H and O–H groups in total. The number of piperidine rings is 1. The first-order valence-corrected chi connectivity index (χ1v) is 6.36. The van der Waals surface area contributed by atoms with E-state index in [4.69, 9.17) is 0 Å². The van der Waals surface area contributed by atoms with E-state index in [1.807, 2.05) is 13.8 Å². The minimum atomic E-state index is -0.573. The van der Waals surface area contributed by atoms with Gasteiger partial charge in [-0.2, -0.15) is 0 Å². The van der Waals surface area contributed by atoms with Crippen molar-refractivity contribution in [3.63, 3.8) is 0 Å². The predicted octanol–water partition coefficient (Wildman–Crippen LogP) is 0.590. The van der Waals surface area contributed by atoms with Gasteiger partial charge >= 0.3 is 0 Å². The number of carbonyl (C=O) groups is 3. The first-order chi connectivity index (χ1) is 8.21. The smallest absolute Gasteiger partial charge is 0.249 e. The second kappa shape index (κ2) is 3.80. The van der Waals surface area contributed by atoms with Gasteiger partial charge in [0.05, 0.1) is 5.41 Å². The van der Waals surface area contributed by atoms with Crippen LogP contribution in [0.1, 0.15) is 40.5 Å². The highest BCUT2D eigenvalue weighted by molar-refractivity contribution is 6.02. The summed E-state index contributed by atoms with van der Waals surface area (Å²) in [4.78, 5) is 34.9. The van der Waals surface area contributed by atoms with Gasteiger partial charge in [-0.05, 0) is 24.7 Å². The van der Waals surface area contributed by atoms with E-state index in [1.165, 1.54) is 0 Å². The number of rotatable bonds is 2. The van der Waals surface area contributed by atoms with Crippen LogP contribution in [-0.4, -0.2) is 23.8 Å². The van der Waals surface area contributed by atoms with Gasteiger partial charge in [0, 0.05) is 6.42 Å². The second-order valence-electron chi connectivity index (χ2n) is 6.12. The number of hydrogen-bond donors (Lipinski definition) is 2. The lowest BCUT2D eigenvalue weighted by Gasteiger charge is -2.24. The van der Waals surface area contributed by atoms with Crippen molar-refractivity contribution in [3.8, 4) is 0 Å². The third-order valence-corrected chi connectivity index (χ3v) is 5.22. The van der Waals surface area contributed by atoms with Crippen LogP contribution in [0, 0.1) is 16.7 Å². The van der Waals surface area contributed by atoms with Crippen LogP contribution in [0.3, 0.4) is 0 Å². The monoisotopic (exact) mass is 252 g/mol. The summed E-state index contributed by atoms with van der Waals surface area (Å²) in [5.41, 5.74) is -0.465. The van der Waals surface area contributed by atoms with Crippen LogP contribution in [-0.2, 0) is 14.4 Å². The van der Waals surface area contributed by atoms with Gasteiger partial charge in [0.15, 0.2) is 0 Å². The van der Waals surface area contributed by atoms with Crippen LogP contribution in [0.25, 0.3) is 0 Å². The SMILES string of the molecule is CC1C(C)(C)C1(C)C(=O)NC1CCC(=O)NC1=O. The Balaban J connectivity index is 2.01. The van der Waals surface area contributed by atoms with Crippen molar-refractivity contribution in [1.82, 2.24) is 10.6 Å². The molecule has 1 saturated carbocycles. The van der Waals surface area contributed by atoms with E-state index in [0.29, 0.717) is 12.3 Å². The Morgan fingerprint density at radius 3 is 2.33 bits per heavy atom. The Labute approximate surface area is 107 Å². The first-order valence-electron chi connectivity index (χ1n) is 6.36. The molecule has 5 nitrogen and oxygen atoms in total. The molecule has 3 atom stereocenters. The lowest BCUT2D eigenvalue weighted by atomic mass is 9.96. The average Bonchev–Trinajstić information content (AvgIpc) is 2.68. The molecule has 100 valence electrons. The average molecular weight is 252 g/mol. The van der Waals surface area contributed by atoms with E-state index in [-0.39, 0.29) is 23.7 Å². The van der Waals surface area contributed by atoms with Gasteiger partial charge in [-0.15, -0.1) is 0 Å². The molecule has 1 heterocycles. The zero-order chi connectivity index (χ0) is 13.7. The van der Waals surface area contributed by atoms with Gasteiger partial charge in [-0.3, -0.25) is 19.7 Å². The van der Waals surface area contributed by atoms with Gasteiger partial charge in [0.25, 0.3) is 0 Å². The molecule has 2 fully saturated rings. The number of imide groups is 1. The number of nitrogens with one attached hydrogen (secondary N) is 2. The van der Waals surface area contributed by atoms with Crippen LogP contribution in [0.4, 0.5) is 0 Å². The Kier molecular flexibility index (Phi) is 2.76. The number of carbonyl (C=O) groups excluding carboxylic acids is 3. The standard InChI is InChI=1S/C13H20N2O3/c1-7-12(2,3)13(7,4)11(18)14-8-5-6-9(16)15-10(8)17/h7-8H,5-6H2,1-4H3,(H,14,18)(H,15,16,17). The summed E-state index contributed by atoms with van der Waals surface area (Å²) in [6.45, 7) is 8.09. The second-order valence-corrected chi connectivity index (χ2v) is 6.12. The van der Waals surface area contributed by atoms with E-state index in [1.54, 1.807) is 0 Å². The van der Waals surface area contributed by atoms with Crippen LogP contribution >= 0.6 is 0 Å². The van der Waals surface area contributed by atoms with Gasteiger partial charge in [-0.25, -0.2) is 0 Å². The Hall–Kier alpha value is -1.39. The van der Waals surface area contributed by atoms with Crippen molar-refractivity contribution in [2.75, 3.05) is 0 Å². The van der Waals surface area contributed by atoms with E-state index >= 15 is 0 Å². The summed E-state index contributed by atoms with van der Waals surface area (Å²) >= 11 is 0. The highest BCUT2D eigenvalue weighted by Crippen LogP contribution is 2.68. The van der Waals surface area contributed by atoms with Crippen molar-refractivity contribution in [2.24, 2.45) is 16.7 Å². The van der Waals surface area contributed by atoms with Gasteiger partial charge in [-0.1, -0.05) is 20.8 Å². The van der Waals surface area contributed by atoms with E-state index < -0.39 is 17.4 Å². The summed E-state index contributed by atoms with van der Waals surface area (Å²) in [5.74, 6) is -0.459. The molecule has 0 aromatic carbocycles. The predicted molar refractivity (Wildman–Crippen MR) is 65.4 cm³/mol. The van der Waals surface area contributed by atoms with Gasteiger partial charge in [0.1, 0.15) is 6.04 Å². The fourth-order valence-corrected chi connectivity index (χ4v) is 2.90. The molecule has 0 radical (unpaired) electrons. The largest absolute Gasteiger partial charge is 0.344 e. The van der Waals surface area contributed by atoms with Crippen molar-refractivity contribution < 1.29 is 14.4 Å². The van der Waals surface area contributed by atoms with E-state index in [0.717, 1.165) is 0 Å². The van der Waals surface area contributed by atoms with Crippen LogP contribution < -0.4 is 10.6 Å². The maximum atomic E-state index is 12.3. The fourth-order valence-electron chi connectivity index (χ4n) is 2.90. The Morgan fingerprint density at radius 2 is 1.89 bits per heavy atom. The highest BCUT2D eigenvalue weighted by Gasteiger charge is 2.69. The summed E-state index contributed by atoms with van der Waals surface area (Å²) in [6, 6.07) is -0.573. The molecule has 0 aromatic rings. The van der Waals surface area contributed by atoms with Gasteiger partial charge in [0.2, 0.25) is 17.7 Å². The quantitative estimate of drug-likeness (QED) is 0.706. The van der Waals surface area contributed by atoms with Crippen molar-refractivity contribution >= 4 is 17.7 Å². The normalized spacial score (nSPS) is 38.0. The first kappa shape index (κ1) is 13.1. The maximum absolute atomic E-state index is 12.3. The molecule has 3 amide bonds. The molecule has 0 bridgehead atoms. The minimum Gasteiger partial charge on any atom is -0.344 e. The Morgan fingerprint density at radius 1 is 1.33 bits per heavy atom.